The molecule has 0 aromatic carbocycles. The molecule has 0 saturated carbocycles. The summed E-state index contributed by atoms with van der Waals surface area (Å²) in [4.78, 5) is 0. The van der Waals surface area contributed by atoms with Crippen molar-refractivity contribution < 1.29 is 5.11 Å². The Kier molecular flexibility index (Phi) is 2.63. The number of aliphatic hydroxyl groups excluding tert-OH is 1. The van der Waals surface area contributed by atoms with Gasteiger partial charge in [0.25, 0.3) is 0 Å². The van der Waals surface area contributed by atoms with Gasteiger partial charge in [0.15, 0.2) is 0 Å². The number of nitrogens with one attached hydrogen (secondary N) is 2. The number of piperidine rings is 1. The summed E-state index contributed by atoms with van der Waals surface area (Å²) in [5.41, 5.74) is 0. The fourth-order valence-electron chi connectivity index (χ4n) is 2.35. The largest absolute Gasteiger partial charge is 0.392 e. The van der Waals surface area contributed by atoms with Crippen molar-refractivity contribution in [1.82, 2.24) is 10.6 Å². The van der Waals surface area contributed by atoms with E-state index in [0.717, 1.165) is 32.0 Å². The SMILES string of the molecule is O[C@H]1CN[C@H](C2CCNCC2)C1. The molecule has 0 radical (unpaired) electrons. The van der Waals surface area contributed by atoms with Crippen LogP contribution >= 0.6 is 0 Å². The van der Waals surface area contributed by atoms with Crippen LogP contribution in [0.4, 0.5) is 0 Å². The van der Waals surface area contributed by atoms with Gasteiger partial charge in [0.1, 0.15) is 0 Å². The lowest BCUT2D eigenvalue weighted by Crippen LogP contribution is -2.38. The monoisotopic (exact) mass is 170 g/mol. The third-order valence-corrected chi connectivity index (χ3v) is 3.09. The van der Waals surface area contributed by atoms with Gasteiger partial charge in [-0.05, 0) is 38.3 Å². The van der Waals surface area contributed by atoms with Crippen molar-refractivity contribution >= 4 is 0 Å². The third-order valence-electron chi connectivity index (χ3n) is 3.09. The Morgan fingerprint density at radius 2 is 1.92 bits per heavy atom. The average Bonchev–Trinajstić information content (AvgIpc) is 2.54. The molecule has 2 fully saturated rings. The summed E-state index contributed by atoms with van der Waals surface area (Å²) in [6.07, 6.45) is 3.41. The highest BCUT2D eigenvalue weighted by molar-refractivity contribution is 4.88. The van der Waals surface area contributed by atoms with E-state index < -0.39 is 0 Å². The lowest BCUT2D eigenvalue weighted by Gasteiger charge is -2.27. The van der Waals surface area contributed by atoms with E-state index in [1.165, 1.54) is 12.8 Å². The van der Waals surface area contributed by atoms with Crippen LogP contribution < -0.4 is 10.6 Å². The number of aliphatic hydroxyl groups is 1. The van der Waals surface area contributed by atoms with Gasteiger partial charge in [-0.1, -0.05) is 0 Å². The fourth-order valence-corrected chi connectivity index (χ4v) is 2.35. The van der Waals surface area contributed by atoms with E-state index in [0.29, 0.717) is 6.04 Å². The second-order valence-electron chi connectivity index (χ2n) is 3.99. The minimum absolute atomic E-state index is 0.0927. The molecule has 2 heterocycles. The van der Waals surface area contributed by atoms with E-state index in [2.05, 4.69) is 10.6 Å². The molecule has 0 aromatic heterocycles. The standard InChI is InChI=1S/C9H18N2O/c12-8-5-9(11-6-8)7-1-3-10-4-2-7/h7-12H,1-6H2/t8-,9+/m1/s1. The van der Waals surface area contributed by atoms with Crippen molar-refractivity contribution in [3.8, 4) is 0 Å². The Bertz CT molecular complexity index is 143. The van der Waals surface area contributed by atoms with Crippen molar-refractivity contribution in [1.29, 1.82) is 0 Å². The molecule has 0 aromatic rings. The predicted molar refractivity (Wildman–Crippen MR) is 48.0 cm³/mol. The van der Waals surface area contributed by atoms with Crippen LogP contribution in [0.3, 0.4) is 0 Å². The maximum absolute atomic E-state index is 9.35. The summed E-state index contributed by atoms with van der Waals surface area (Å²) in [6.45, 7) is 3.10. The molecule has 2 rings (SSSR count). The van der Waals surface area contributed by atoms with Crippen LogP contribution in [0.25, 0.3) is 0 Å². The Labute approximate surface area is 73.5 Å². The van der Waals surface area contributed by atoms with E-state index in [9.17, 15) is 5.11 Å². The minimum atomic E-state index is -0.0927. The Morgan fingerprint density at radius 3 is 2.50 bits per heavy atom. The van der Waals surface area contributed by atoms with Crippen LogP contribution in [0.15, 0.2) is 0 Å². The fraction of sp³-hybridized carbons (Fsp3) is 1.00. The van der Waals surface area contributed by atoms with Gasteiger partial charge >= 0.3 is 0 Å². The average molecular weight is 170 g/mol. The molecule has 3 heteroatoms. The first kappa shape index (κ1) is 8.48. The molecular formula is C9H18N2O. The number of hydrogen-bond acceptors (Lipinski definition) is 3. The van der Waals surface area contributed by atoms with E-state index in [4.69, 9.17) is 0 Å². The van der Waals surface area contributed by atoms with Gasteiger partial charge in [0.2, 0.25) is 0 Å². The molecule has 70 valence electrons. The topological polar surface area (TPSA) is 44.3 Å². The highest BCUT2D eigenvalue weighted by Gasteiger charge is 2.29. The van der Waals surface area contributed by atoms with Crippen LogP contribution in [0.1, 0.15) is 19.3 Å². The first-order valence-electron chi connectivity index (χ1n) is 4.98. The molecule has 0 bridgehead atoms. The van der Waals surface area contributed by atoms with E-state index in [1.54, 1.807) is 0 Å². The number of rotatable bonds is 1. The van der Waals surface area contributed by atoms with Crippen LogP contribution in [0.2, 0.25) is 0 Å². The van der Waals surface area contributed by atoms with Gasteiger partial charge in [0.05, 0.1) is 6.10 Å². The minimum Gasteiger partial charge on any atom is -0.392 e. The maximum atomic E-state index is 9.35. The Hall–Kier alpha value is -0.120. The zero-order valence-corrected chi connectivity index (χ0v) is 7.42. The van der Waals surface area contributed by atoms with E-state index >= 15 is 0 Å². The van der Waals surface area contributed by atoms with Gasteiger partial charge < -0.3 is 15.7 Å². The van der Waals surface area contributed by atoms with Crippen LogP contribution in [0, 0.1) is 5.92 Å². The molecule has 12 heavy (non-hydrogen) atoms. The van der Waals surface area contributed by atoms with Gasteiger partial charge in [0, 0.05) is 12.6 Å². The first-order valence-corrected chi connectivity index (χ1v) is 4.98. The first-order chi connectivity index (χ1) is 5.86. The molecule has 2 aliphatic rings. The van der Waals surface area contributed by atoms with E-state index in [1.807, 2.05) is 0 Å². The van der Waals surface area contributed by atoms with Crippen LogP contribution in [-0.4, -0.2) is 36.9 Å². The van der Waals surface area contributed by atoms with Gasteiger partial charge in [-0.15, -0.1) is 0 Å². The highest BCUT2D eigenvalue weighted by Crippen LogP contribution is 2.22. The molecule has 0 spiro atoms. The molecule has 2 aliphatic heterocycles. The summed E-state index contributed by atoms with van der Waals surface area (Å²) in [7, 11) is 0. The number of hydrogen-bond donors (Lipinski definition) is 3. The quantitative estimate of drug-likeness (QED) is 0.506. The van der Waals surface area contributed by atoms with E-state index in [-0.39, 0.29) is 6.10 Å². The van der Waals surface area contributed by atoms with Crippen molar-refractivity contribution in [2.75, 3.05) is 19.6 Å². The zero-order valence-electron chi connectivity index (χ0n) is 7.42. The molecule has 2 atom stereocenters. The molecule has 0 aliphatic carbocycles. The van der Waals surface area contributed by atoms with Crippen LogP contribution in [-0.2, 0) is 0 Å². The van der Waals surface area contributed by atoms with Gasteiger partial charge in [-0.25, -0.2) is 0 Å². The predicted octanol–water partition coefficient (Wildman–Crippen LogP) is -0.291. The highest BCUT2D eigenvalue weighted by atomic mass is 16.3. The molecule has 0 unspecified atom stereocenters. The van der Waals surface area contributed by atoms with Crippen molar-refractivity contribution in [3.05, 3.63) is 0 Å². The lowest BCUT2D eigenvalue weighted by atomic mass is 9.89. The van der Waals surface area contributed by atoms with Crippen LogP contribution in [0.5, 0.6) is 0 Å². The summed E-state index contributed by atoms with van der Waals surface area (Å²) in [5.74, 6) is 0.795. The molecule has 2 saturated heterocycles. The third kappa shape index (κ3) is 1.79. The normalized spacial score (nSPS) is 38.8. The Morgan fingerprint density at radius 1 is 1.17 bits per heavy atom. The van der Waals surface area contributed by atoms with Crippen molar-refractivity contribution in [2.24, 2.45) is 5.92 Å². The van der Waals surface area contributed by atoms with Crippen molar-refractivity contribution in [3.63, 3.8) is 0 Å². The molecular weight excluding hydrogens is 152 g/mol. The second-order valence-corrected chi connectivity index (χ2v) is 3.99. The molecule has 0 amide bonds. The summed E-state index contributed by atoms with van der Waals surface area (Å²) in [5, 5.41) is 16.1. The molecule has 3 nitrogen and oxygen atoms in total. The summed E-state index contributed by atoms with van der Waals surface area (Å²) >= 11 is 0. The second kappa shape index (κ2) is 3.73. The van der Waals surface area contributed by atoms with Crippen molar-refractivity contribution in [2.45, 2.75) is 31.4 Å². The lowest BCUT2D eigenvalue weighted by molar-refractivity contribution is 0.186. The molecule has 3 N–H and O–H groups in total. The Balaban J connectivity index is 1.83. The smallest absolute Gasteiger partial charge is 0.0679 e. The zero-order chi connectivity index (χ0) is 8.39. The summed E-state index contributed by atoms with van der Waals surface area (Å²) in [6, 6.07) is 0.585. The summed E-state index contributed by atoms with van der Waals surface area (Å²) < 4.78 is 0. The van der Waals surface area contributed by atoms with Gasteiger partial charge in [-0.2, -0.15) is 0 Å². The van der Waals surface area contributed by atoms with Gasteiger partial charge in [-0.3, -0.25) is 0 Å². The number of β-amino-alcohol motifs (C(OH)–C–C–N with tert-alkyl or cyclic N) is 1. The maximum Gasteiger partial charge on any atom is 0.0679 e.